The molecule has 1 aliphatic rings. The van der Waals surface area contributed by atoms with Gasteiger partial charge in [0.2, 0.25) is 0 Å². The molecule has 1 atom stereocenters. The minimum atomic E-state index is -0.940. The molecule has 1 aromatic rings. The van der Waals surface area contributed by atoms with E-state index in [1.807, 2.05) is 37.3 Å². The lowest BCUT2D eigenvalue weighted by Gasteiger charge is -2.32. The summed E-state index contributed by atoms with van der Waals surface area (Å²) in [7, 11) is 0. The Morgan fingerprint density at radius 3 is 2.60 bits per heavy atom. The van der Waals surface area contributed by atoms with Gasteiger partial charge in [-0.05, 0) is 25.8 Å². The van der Waals surface area contributed by atoms with Gasteiger partial charge in [-0.2, -0.15) is 0 Å². The number of amides is 3. The van der Waals surface area contributed by atoms with Crippen molar-refractivity contribution in [1.82, 2.24) is 10.2 Å². The van der Waals surface area contributed by atoms with Gasteiger partial charge in [0.15, 0.2) is 0 Å². The van der Waals surface area contributed by atoms with Gasteiger partial charge in [0.1, 0.15) is 5.54 Å². The van der Waals surface area contributed by atoms with Crippen LogP contribution in [0.3, 0.4) is 0 Å². The van der Waals surface area contributed by atoms with Crippen molar-refractivity contribution >= 4 is 11.9 Å². The molecule has 0 aromatic heterocycles. The summed E-state index contributed by atoms with van der Waals surface area (Å²) in [5, 5.41) is 2.40. The van der Waals surface area contributed by atoms with E-state index >= 15 is 0 Å². The van der Waals surface area contributed by atoms with Gasteiger partial charge < -0.3 is 9.64 Å². The van der Waals surface area contributed by atoms with E-state index in [4.69, 9.17) is 4.74 Å². The molecule has 1 saturated heterocycles. The fraction of sp³-hybridized carbons (Fsp3) is 0.467. The number of imide groups is 1. The van der Waals surface area contributed by atoms with E-state index in [9.17, 15) is 9.59 Å². The maximum Gasteiger partial charge on any atom is 0.325 e. The highest BCUT2D eigenvalue weighted by Gasteiger charge is 2.49. The van der Waals surface area contributed by atoms with Gasteiger partial charge in [0.25, 0.3) is 5.91 Å². The van der Waals surface area contributed by atoms with Gasteiger partial charge in [-0.15, -0.1) is 0 Å². The Kier molecular flexibility index (Phi) is 4.39. The first-order chi connectivity index (χ1) is 9.60. The van der Waals surface area contributed by atoms with E-state index in [-0.39, 0.29) is 11.9 Å². The average molecular weight is 276 g/mol. The van der Waals surface area contributed by atoms with E-state index in [1.54, 1.807) is 11.8 Å². The third kappa shape index (κ3) is 2.54. The molecular formula is C15H20N2O3. The van der Waals surface area contributed by atoms with Crippen LogP contribution in [0.1, 0.15) is 25.8 Å². The normalized spacial score (nSPS) is 22.2. The molecule has 0 bridgehead atoms. The zero-order chi connectivity index (χ0) is 14.6. The second-order valence-electron chi connectivity index (χ2n) is 4.90. The molecule has 1 aromatic carbocycles. The predicted octanol–water partition coefficient (Wildman–Crippen LogP) is 1.88. The maximum absolute atomic E-state index is 12.2. The van der Waals surface area contributed by atoms with Gasteiger partial charge in [0, 0.05) is 19.8 Å². The standard InChI is InChI=1S/C15H20N2O3/c1-3-20-11-7-10-17-14(19)16-13(18)15(17,2)12-8-5-4-6-9-12/h4-6,8-9H,3,7,10-11H2,1-2H3,(H,16,18,19). The molecular weight excluding hydrogens is 256 g/mol. The summed E-state index contributed by atoms with van der Waals surface area (Å²) in [4.78, 5) is 25.8. The second kappa shape index (κ2) is 6.05. The number of hydrogen-bond donors (Lipinski definition) is 1. The van der Waals surface area contributed by atoms with Crippen LogP contribution in [0, 0.1) is 0 Å². The van der Waals surface area contributed by atoms with Crippen LogP contribution in [-0.2, 0) is 15.1 Å². The molecule has 1 heterocycles. The summed E-state index contributed by atoms with van der Waals surface area (Å²) in [5.41, 5.74) is -0.121. The van der Waals surface area contributed by atoms with Gasteiger partial charge in [-0.25, -0.2) is 4.79 Å². The molecule has 3 amide bonds. The SMILES string of the molecule is CCOCCCN1C(=O)NC(=O)C1(C)c1ccccc1. The largest absolute Gasteiger partial charge is 0.382 e. The van der Waals surface area contributed by atoms with Crippen molar-refractivity contribution in [2.75, 3.05) is 19.8 Å². The third-order valence-electron chi connectivity index (χ3n) is 3.66. The van der Waals surface area contributed by atoms with E-state index in [2.05, 4.69) is 5.32 Å². The van der Waals surface area contributed by atoms with Crippen molar-refractivity contribution in [1.29, 1.82) is 0 Å². The van der Waals surface area contributed by atoms with E-state index in [0.29, 0.717) is 26.2 Å². The highest BCUT2D eigenvalue weighted by atomic mass is 16.5. The molecule has 2 rings (SSSR count). The number of nitrogens with one attached hydrogen (secondary N) is 1. The number of carbonyl (C=O) groups is 2. The van der Waals surface area contributed by atoms with Crippen LogP contribution in [0.15, 0.2) is 30.3 Å². The van der Waals surface area contributed by atoms with Crippen LogP contribution in [0.2, 0.25) is 0 Å². The quantitative estimate of drug-likeness (QED) is 0.637. The summed E-state index contributed by atoms with van der Waals surface area (Å²) in [6.45, 7) is 5.44. The van der Waals surface area contributed by atoms with Crippen LogP contribution < -0.4 is 5.32 Å². The van der Waals surface area contributed by atoms with Crippen molar-refractivity contribution in [2.45, 2.75) is 25.8 Å². The Morgan fingerprint density at radius 2 is 1.95 bits per heavy atom. The summed E-state index contributed by atoms with van der Waals surface area (Å²) in [5.74, 6) is -0.273. The van der Waals surface area contributed by atoms with Crippen molar-refractivity contribution < 1.29 is 14.3 Å². The number of carbonyl (C=O) groups excluding carboxylic acids is 2. The molecule has 0 aliphatic carbocycles. The molecule has 0 radical (unpaired) electrons. The molecule has 1 unspecified atom stereocenters. The summed E-state index contributed by atoms with van der Waals surface area (Å²) in [6, 6.07) is 9.03. The number of hydrogen-bond acceptors (Lipinski definition) is 3. The fourth-order valence-corrected chi connectivity index (χ4v) is 2.46. The van der Waals surface area contributed by atoms with Gasteiger partial charge in [-0.3, -0.25) is 10.1 Å². The smallest absolute Gasteiger partial charge is 0.325 e. The molecule has 1 fully saturated rings. The van der Waals surface area contributed by atoms with Crippen LogP contribution >= 0.6 is 0 Å². The molecule has 5 nitrogen and oxygen atoms in total. The number of nitrogens with zero attached hydrogens (tertiary/aromatic N) is 1. The minimum absolute atomic E-state index is 0.273. The van der Waals surface area contributed by atoms with Crippen LogP contribution in [0.5, 0.6) is 0 Å². The highest BCUT2D eigenvalue weighted by Crippen LogP contribution is 2.32. The number of ether oxygens (including phenoxy) is 1. The first-order valence-corrected chi connectivity index (χ1v) is 6.87. The molecule has 5 heteroatoms. The maximum atomic E-state index is 12.2. The Bertz CT molecular complexity index is 489. The second-order valence-corrected chi connectivity index (χ2v) is 4.90. The van der Waals surface area contributed by atoms with Crippen molar-refractivity contribution in [3.63, 3.8) is 0 Å². The van der Waals surface area contributed by atoms with Crippen molar-refractivity contribution in [3.05, 3.63) is 35.9 Å². The van der Waals surface area contributed by atoms with Crippen LogP contribution in [0.25, 0.3) is 0 Å². The van der Waals surface area contributed by atoms with Gasteiger partial charge in [0.05, 0.1) is 0 Å². The Labute approximate surface area is 118 Å². The first kappa shape index (κ1) is 14.5. The summed E-state index contributed by atoms with van der Waals surface area (Å²) >= 11 is 0. The zero-order valence-corrected chi connectivity index (χ0v) is 11.9. The number of rotatable bonds is 6. The Hall–Kier alpha value is -1.88. The van der Waals surface area contributed by atoms with E-state index in [1.165, 1.54) is 0 Å². The predicted molar refractivity (Wildman–Crippen MR) is 75.1 cm³/mol. The highest BCUT2D eigenvalue weighted by molar-refractivity contribution is 6.07. The van der Waals surface area contributed by atoms with Crippen LogP contribution in [0.4, 0.5) is 4.79 Å². The lowest BCUT2D eigenvalue weighted by Crippen LogP contribution is -2.45. The first-order valence-electron chi connectivity index (χ1n) is 6.87. The average Bonchev–Trinajstić information content (AvgIpc) is 2.68. The molecule has 0 saturated carbocycles. The van der Waals surface area contributed by atoms with Crippen molar-refractivity contribution in [2.24, 2.45) is 0 Å². The topological polar surface area (TPSA) is 58.6 Å². The lowest BCUT2D eigenvalue weighted by atomic mass is 9.90. The zero-order valence-electron chi connectivity index (χ0n) is 11.9. The van der Waals surface area contributed by atoms with Crippen molar-refractivity contribution in [3.8, 4) is 0 Å². The molecule has 1 N–H and O–H groups in total. The third-order valence-corrected chi connectivity index (χ3v) is 3.66. The molecule has 0 spiro atoms. The summed E-state index contributed by atoms with van der Waals surface area (Å²) < 4.78 is 5.29. The number of benzene rings is 1. The van der Waals surface area contributed by atoms with Gasteiger partial charge in [-0.1, -0.05) is 30.3 Å². The fourth-order valence-electron chi connectivity index (χ4n) is 2.46. The van der Waals surface area contributed by atoms with E-state index in [0.717, 1.165) is 5.56 Å². The number of urea groups is 1. The lowest BCUT2D eigenvalue weighted by molar-refractivity contribution is -0.126. The Morgan fingerprint density at radius 1 is 1.25 bits per heavy atom. The summed E-state index contributed by atoms with van der Waals surface area (Å²) in [6.07, 6.45) is 0.705. The van der Waals surface area contributed by atoms with Crippen LogP contribution in [-0.4, -0.2) is 36.6 Å². The molecule has 20 heavy (non-hydrogen) atoms. The minimum Gasteiger partial charge on any atom is -0.382 e. The van der Waals surface area contributed by atoms with Gasteiger partial charge >= 0.3 is 6.03 Å². The Balaban J connectivity index is 2.19. The molecule has 108 valence electrons. The van der Waals surface area contributed by atoms with E-state index < -0.39 is 5.54 Å². The monoisotopic (exact) mass is 276 g/mol. The molecule has 1 aliphatic heterocycles.